The number of carbonyl (C=O) groups excluding carboxylic acids is 1. The minimum atomic E-state index is 0.107. The summed E-state index contributed by atoms with van der Waals surface area (Å²) in [5.41, 5.74) is 0. The Morgan fingerprint density at radius 3 is 2.21 bits per heavy atom. The molecule has 0 saturated heterocycles. The maximum Gasteiger partial charge on any atom is 0.146 e. The first-order chi connectivity index (χ1) is 6.61. The van der Waals surface area contributed by atoms with Crippen molar-refractivity contribution in [2.75, 3.05) is 0 Å². The van der Waals surface area contributed by atoms with Crippen LogP contribution in [0.1, 0.15) is 52.9 Å². The second kappa shape index (κ2) is 5.50. The summed E-state index contributed by atoms with van der Waals surface area (Å²) in [6.45, 7) is 5.94. The lowest BCUT2D eigenvalue weighted by Crippen LogP contribution is -2.45. The van der Waals surface area contributed by atoms with E-state index in [1.807, 2.05) is 0 Å². The molecule has 1 aliphatic rings. The molecule has 0 unspecified atom stereocenters. The first-order valence-corrected chi connectivity index (χ1v) is 5.87. The summed E-state index contributed by atoms with van der Waals surface area (Å²) in [7, 11) is 0. The molecule has 1 rings (SSSR count). The van der Waals surface area contributed by atoms with Crippen LogP contribution < -0.4 is 5.32 Å². The number of Topliss-reactive ketones (excluding diaryl/α,β-unsaturated/α-hetero) is 1. The van der Waals surface area contributed by atoms with Gasteiger partial charge in [-0.3, -0.25) is 4.79 Å². The lowest BCUT2D eigenvalue weighted by Gasteiger charge is -2.30. The van der Waals surface area contributed by atoms with E-state index in [0.717, 1.165) is 0 Å². The fourth-order valence-corrected chi connectivity index (χ4v) is 2.41. The lowest BCUT2D eigenvalue weighted by atomic mass is 9.82. The van der Waals surface area contributed by atoms with E-state index in [1.165, 1.54) is 32.1 Å². The Hall–Kier alpha value is -0.370. The fourth-order valence-electron chi connectivity index (χ4n) is 2.41. The smallest absolute Gasteiger partial charge is 0.146 e. The molecule has 1 fully saturated rings. The van der Waals surface area contributed by atoms with Gasteiger partial charge in [-0.25, -0.2) is 0 Å². The van der Waals surface area contributed by atoms with Gasteiger partial charge < -0.3 is 5.32 Å². The van der Waals surface area contributed by atoms with Gasteiger partial charge >= 0.3 is 0 Å². The molecule has 0 aromatic heterocycles. The molecule has 0 aromatic rings. The van der Waals surface area contributed by atoms with Crippen molar-refractivity contribution in [1.29, 1.82) is 0 Å². The quantitative estimate of drug-likeness (QED) is 0.750. The van der Waals surface area contributed by atoms with Gasteiger partial charge in [0, 0.05) is 6.04 Å². The Bertz CT molecular complexity index is 183. The van der Waals surface area contributed by atoms with Crippen LogP contribution in [0, 0.1) is 5.92 Å². The van der Waals surface area contributed by atoms with E-state index in [1.54, 1.807) is 6.92 Å². The van der Waals surface area contributed by atoms with E-state index in [9.17, 15) is 4.79 Å². The predicted molar refractivity (Wildman–Crippen MR) is 59.3 cm³/mol. The van der Waals surface area contributed by atoms with Crippen molar-refractivity contribution < 1.29 is 4.79 Å². The second-order valence-corrected chi connectivity index (χ2v) is 4.81. The third-order valence-electron chi connectivity index (χ3n) is 3.07. The Morgan fingerprint density at radius 1 is 1.21 bits per heavy atom. The minimum absolute atomic E-state index is 0.107. The highest BCUT2D eigenvalue weighted by Gasteiger charge is 2.26. The molecule has 0 amide bonds. The Balaban J connectivity index is 2.51. The van der Waals surface area contributed by atoms with E-state index in [0.29, 0.717) is 17.7 Å². The van der Waals surface area contributed by atoms with Crippen LogP contribution in [-0.2, 0) is 4.79 Å². The monoisotopic (exact) mass is 197 g/mol. The van der Waals surface area contributed by atoms with Gasteiger partial charge in [0.25, 0.3) is 0 Å². The van der Waals surface area contributed by atoms with Crippen molar-refractivity contribution in [2.45, 2.75) is 65.0 Å². The summed E-state index contributed by atoms with van der Waals surface area (Å²) >= 11 is 0. The van der Waals surface area contributed by atoms with E-state index in [4.69, 9.17) is 0 Å². The first kappa shape index (κ1) is 11.7. The highest BCUT2D eigenvalue weighted by Crippen LogP contribution is 2.27. The van der Waals surface area contributed by atoms with Crippen LogP contribution in [0.3, 0.4) is 0 Å². The van der Waals surface area contributed by atoms with Gasteiger partial charge in [0.2, 0.25) is 0 Å². The van der Waals surface area contributed by atoms with Crippen LogP contribution in [0.2, 0.25) is 0 Å². The van der Waals surface area contributed by atoms with Crippen LogP contribution in [-0.4, -0.2) is 17.9 Å². The van der Waals surface area contributed by atoms with Gasteiger partial charge in [-0.2, -0.15) is 0 Å². The SMILES string of the molecule is CC(=O)[C@H](NC(C)C)C1CCCCC1. The number of hydrogen-bond donors (Lipinski definition) is 1. The van der Waals surface area contributed by atoms with Crippen LogP contribution >= 0.6 is 0 Å². The number of nitrogens with one attached hydrogen (secondary N) is 1. The van der Waals surface area contributed by atoms with Crippen molar-refractivity contribution in [2.24, 2.45) is 5.92 Å². The molecule has 0 radical (unpaired) electrons. The number of hydrogen-bond acceptors (Lipinski definition) is 2. The summed E-state index contributed by atoms with van der Waals surface area (Å²) in [5, 5.41) is 3.40. The summed E-state index contributed by atoms with van der Waals surface area (Å²) in [5.74, 6) is 0.897. The molecule has 82 valence electrons. The first-order valence-electron chi connectivity index (χ1n) is 5.87. The molecule has 0 aromatic carbocycles. The summed E-state index contributed by atoms with van der Waals surface area (Å²) < 4.78 is 0. The van der Waals surface area contributed by atoms with Crippen LogP contribution in [0.25, 0.3) is 0 Å². The standard InChI is InChI=1S/C12H23NO/c1-9(2)13-12(10(3)14)11-7-5-4-6-8-11/h9,11-13H,4-8H2,1-3H3/t12-/m0/s1. The van der Waals surface area contributed by atoms with Crippen LogP contribution in [0.5, 0.6) is 0 Å². The molecule has 1 aliphatic carbocycles. The molecule has 0 spiro atoms. The van der Waals surface area contributed by atoms with Gasteiger partial charge in [-0.15, -0.1) is 0 Å². The highest BCUT2D eigenvalue weighted by atomic mass is 16.1. The zero-order valence-electron chi connectivity index (χ0n) is 9.68. The lowest BCUT2D eigenvalue weighted by molar-refractivity contribution is -0.120. The van der Waals surface area contributed by atoms with Crippen molar-refractivity contribution >= 4 is 5.78 Å². The van der Waals surface area contributed by atoms with E-state index in [-0.39, 0.29) is 6.04 Å². The number of carbonyl (C=O) groups is 1. The van der Waals surface area contributed by atoms with Gasteiger partial charge in [0.15, 0.2) is 0 Å². The minimum Gasteiger partial charge on any atom is -0.305 e. The molecule has 2 heteroatoms. The van der Waals surface area contributed by atoms with Crippen LogP contribution in [0.4, 0.5) is 0 Å². The Labute approximate surface area is 87.5 Å². The van der Waals surface area contributed by atoms with Crippen molar-refractivity contribution in [1.82, 2.24) is 5.32 Å². The molecule has 0 aliphatic heterocycles. The van der Waals surface area contributed by atoms with Gasteiger partial charge in [0.1, 0.15) is 5.78 Å². The molecule has 0 heterocycles. The molecule has 1 N–H and O–H groups in total. The highest BCUT2D eigenvalue weighted by molar-refractivity contribution is 5.81. The predicted octanol–water partition coefficient (Wildman–Crippen LogP) is 2.52. The third kappa shape index (κ3) is 3.41. The van der Waals surface area contributed by atoms with Gasteiger partial charge in [-0.1, -0.05) is 33.1 Å². The molecule has 2 nitrogen and oxygen atoms in total. The Morgan fingerprint density at radius 2 is 1.79 bits per heavy atom. The number of rotatable bonds is 4. The van der Waals surface area contributed by atoms with Gasteiger partial charge in [0.05, 0.1) is 6.04 Å². The van der Waals surface area contributed by atoms with E-state index < -0.39 is 0 Å². The average Bonchev–Trinajstić information content (AvgIpc) is 2.15. The molecule has 1 saturated carbocycles. The maximum absolute atomic E-state index is 11.5. The average molecular weight is 197 g/mol. The van der Waals surface area contributed by atoms with E-state index in [2.05, 4.69) is 19.2 Å². The maximum atomic E-state index is 11.5. The van der Waals surface area contributed by atoms with Crippen molar-refractivity contribution in [3.8, 4) is 0 Å². The van der Waals surface area contributed by atoms with E-state index >= 15 is 0 Å². The summed E-state index contributed by atoms with van der Waals surface area (Å²) in [4.78, 5) is 11.5. The van der Waals surface area contributed by atoms with Crippen LogP contribution in [0.15, 0.2) is 0 Å². The van der Waals surface area contributed by atoms with Crippen molar-refractivity contribution in [3.63, 3.8) is 0 Å². The topological polar surface area (TPSA) is 29.1 Å². The fraction of sp³-hybridized carbons (Fsp3) is 0.917. The van der Waals surface area contributed by atoms with Gasteiger partial charge in [-0.05, 0) is 25.7 Å². The second-order valence-electron chi connectivity index (χ2n) is 4.81. The summed E-state index contributed by atoms with van der Waals surface area (Å²) in [6.07, 6.45) is 6.40. The number of ketones is 1. The Kier molecular flexibility index (Phi) is 4.59. The zero-order valence-corrected chi connectivity index (χ0v) is 9.68. The van der Waals surface area contributed by atoms with Crippen molar-refractivity contribution in [3.05, 3.63) is 0 Å². The summed E-state index contributed by atoms with van der Waals surface area (Å²) in [6, 6.07) is 0.515. The third-order valence-corrected chi connectivity index (χ3v) is 3.07. The molecule has 14 heavy (non-hydrogen) atoms. The molecule has 1 atom stereocenters. The largest absolute Gasteiger partial charge is 0.305 e. The molecular formula is C12H23NO. The molecular weight excluding hydrogens is 174 g/mol. The molecule has 0 bridgehead atoms. The normalized spacial score (nSPS) is 21.1. The zero-order chi connectivity index (χ0) is 10.6.